The van der Waals surface area contributed by atoms with Gasteiger partial charge in [0.15, 0.2) is 0 Å². The number of aryl methyl sites for hydroxylation is 2. The smallest absolute Gasteiger partial charge is 0.126 e. The Morgan fingerprint density at radius 2 is 1.95 bits per heavy atom. The average molecular weight is 280 g/mol. The second-order valence-electron chi connectivity index (χ2n) is 5.60. The number of amidine groups is 1. The van der Waals surface area contributed by atoms with Crippen molar-refractivity contribution < 1.29 is 0 Å². The van der Waals surface area contributed by atoms with Crippen LogP contribution in [-0.4, -0.2) is 17.4 Å². The lowest BCUT2D eigenvalue weighted by atomic mass is 9.98. The van der Waals surface area contributed by atoms with Crippen LogP contribution in [0.1, 0.15) is 28.1 Å². The van der Waals surface area contributed by atoms with Crippen LogP contribution in [0, 0.1) is 19.3 Å². The molecular formula is C17H20N4. The molecule has 4 heteroatoms. The van der Waals surface area contributed by atoms with Gasteiger partial charge in [-0.15, -0.1) is 0 Å². The number of rotatable bonds is 2. The fourth-order valence-electron chi connectivity index (χ4n) is 3.09. The summed E-state index contributed by atoms with van der Waals surface area (Å²) in [5.74, 6) is 0.0915. The molecule has 3 N–H and O–H groups in total. The second kappa shape index (κ2) is 5.20. The maximum absolute atomic E-state index is 7.86. The lowest BCUT2D eigenvalue weighted by molar-refractivity contribution is 0.729. The van der Waals surface area contributed by atoms with Crippen LogP contribution < -0.4 is 10.6 Å². The summed E-state index contributed by atoms with van der Waals surface area (Å²) in [5.41, 5.74) is 12.1. The van der Waals surface area contributed by atoms with E-state index in [0.717, 1.165) is 42.1 Å². The quantitative estimate of drug-likeness (QED) is 0.656. The zero-order valence-electron chi connectivity index (χ0n) is 12.5. The number of nitrogens with zero attached hydrogens (tertiary/aromatic N) is 2. The van der Waals surface area contributed by atoms with Crippen LogP contribution in [-0.2, 0) is 13.0 Å². The number of anilines is 1. The number of fused-ring (bicyclic) bond motifs is 1. The van der Waals surface area contributed by atoms with E-state index in [1.54, 1.807) is 0 Å². The molecule has 0 unspecified atom stereocenters. The van der Waals surface area contributed by atoms with Crippen molar-refractivity contribution in [2.75, 3.05) is 11.4 Å². The van der Waals surface area contributed by atoms with Crippen LogP contribution in [0.2, 0.25) is 0 Å². The monoisotopic (exact) mass is 280 g/mol. The minimum Gasteiger partial charge on any atom is -0.384 e. The summed E-state index contributed by atoms with van der Waals surface area (Å²) in [4.78, 5) is 6.75. The van der Waals surface area contributed by atoms with E-state index in [1.165, 1.54) is 11.1 Å². The van der Waals surface area contributed by atoms with Gasteiger partial charge in [0.1, 0.15) is 5.84 Å². The Hall–Kier alpha value is -2.36. The molecule has 0 bridgehead atoms. The number of nitrogens with two attached hydrogens (primary N) is 1. The third-order valence-electron chi connectivity index (χ3n) is 4.05. The van der Waals surface area contributed by atoms with Crippen molar-refractivity contribution in [2.45, 2.75) is 26.8 Å². The van der Waals surface area contributed by atoms with Crippen LogP contribution in [0.15, 0.2) is 30.3 Å². The lowest BCUT2D eigenvalue weighted by Crippen LogP contribution is -2.32. The fourth-order valence-corrected chi connectivity index (χ4v) is 3.09. The van der Waals surface area contributed by atoms with Crippen LogP contribution in [0.25, 0.3) is 0 Å². The highest BCUT2D eigenvalue weighted by Gasteiger charge is 2.21. The molecule has 21 heavy (non-hydrogen) atoms. The van der Waals surface area contributed by atoms with Crippen LogP contribution >= 0.6 is 0 Å². The molecule has 4 nitrogen and oxygen atoms in total. The van der Waals surface area contributed by atoms with E-state index in [-0.39, 0.29) is 5.84 Å². The first-order chi connectivity index (χ1) is 10.1. The molecule has 0 saturated carbocycles. The van der Waals surface area contributed by atoms with Gasteiger partial charge in [0.25, 0.3) is 0 Å². The lowest BCUT2D eigenvalue weighted by Gasteiger charge is -2.32. The zero-order chi connectivity index (χ0) is 15.0. The normalized spacial score (nSPS) is 13.9. The standard InChI is InChI=1S/C17H20N4/c1-11-9-15(16(17(18)19)12(2)20-11)21-8-7-13-5-3-4-6-14(13)10-21/h3-6,9H,7-8,10H2,1-2H3,(H3,18,19). The number of hydrogen-bond acceptors (Lipinski definition) is 3. The van der Waals surface area contributed by atoms with Gasteiger partial charge >= 0.3 is 0 Å². The van der Waals surface area contributed by atoms with E-state index in [9.17, 15) is 0 Å². The summed E-state index contributed by atoms with van der Waals surface area (Å²) >= 11 is 0. The Kier molecular flexibility index (Phi) is 3.37. The molecule has 0 spiro atoms. The van der Waals surface area contributed by atoms with Gasteiger partial charge < -0.3 is 10.6 Å². The number of aromatic nitrogens is 1. The van der Waals surface area contributed by atoms with E-state index in [2.05, 4.69) is 34.1 Å². The zero-order valence-corrected chi connectivity index (χ0v) is 12.5. The number of nitrogen functional groups attached to an aromatic ring is 1. The molecule has 0 saturated heterocycles. The molecule has 0 amide bonds. The molecule has 1 aromatic carbocycles. The third-order valence-corrected chi connectivity index (χ3v) is 4.05. The summed E-state index contributed by atoms with van der Waals surface area (Å²) in [5, 5.41) is 7.86. The van der Waals surface area contributed by atoms with Crippen molar-refractivity contribution in [3.05, 3.63) is 58.4 Å². The molecule has 0 radical (unpaired) electrons. The first-order valence-corrected chi connectivity index (χ1v) is 7.20. The molecule has 0 fully saturated rings. The van der Waals surface area contributed by atoms with E-state index in [0.29, 0.717) is 0 Å². The third kappa shape index (κ3) is 2.49. The Labute approximate surface area is 125 Å². The minimum absolute atomic E-state index is 0.0915. The van der Waals surface area contributed by atoms with E-state index in [4.69, 9.17) is 11.1 Å². The topological polar surface area (TPSA) is 66.0 Å². The SMILES string of the molecule is Cc1cc(N2CCc3ccccc3C2)c(C(=N)N)c(C)n1. The van der Waals surface area contributed by atoms with Gasteiger partial charge in [0.2, 0.25) is 0 Å². The Morgan fingerprint density at radius 1 is 1.24 bits per heavy atom. The number of hydrogen-bond donors (Lipinski definition) is 2. The number of nitrogens with one attached hydrogen (secondary N) is 1. The average Bonchev–Trinajstić information content (AvgIpc) is 2.45. The first kappa shape index (κ1) is 13.6. The summed E-state index contributed by atoms with van der Waals surface area (Å²) in [6.07, 6.45) is 1.02. The number of pyridine rings is 1. The largest absolute Gasteiger partial charge is 0.384 e. The maximum atomic E-state index is 7.86. The molecule has 2 aromatic rings. The Morgan fingerprint density at radius 3 is 2.67 bits per heavy atom. The van der Waals surface area contributed by atoms with Gasteiger partial charge in [-0.05, 0) is 37.5 Å². The van der Waals surface area contributed by atoms with Crippen molar-refractivity contribution in [2.24, 2.45) is 5.73 Å². The summed E-state index contributed by atoms with van der Waals surface area (Å²) in [6.45, 7) is 5.71. The highest BCUT2D eigenvalue weighted by atomic mass is 15.1. The predicted octanol–water partition coefficient (Wildman–Crippen LogP) is 2.55. The molecule has 108 valence electrons. The van der Waals surface area contributed by atoms with Gasteiger partial charge in [-0.1, -0.05) is 24.3 Å². The Bertz CT molecular complexity index is 706. The summed E-state index contributed by atoms with van der Waals surface area (Å²) in [7, 11) is 0. The predicted molar refractivity (Wildman–Crippen MR) is 85.9 cm³/mol. The number of benzene rings is 1. The second-order valence-corrected chi connectivity index (χ2v) is 5.60. The van der Waals surface area contributed by atoms with Crippen molar-refractivity contribution in [3.63, 3.8) is 0 Å². The van der Waals surface area contributed by atoms with Crippen molar-refractivity contribution in [3.8, 4) is 0 Å². The van der Waals surface area contributed by atoms with Crippen molar-refractivity contribution in [1.82, 2.24) is 4.98 Å². The van der Waals surface area contributed by atoms with Crippen LogP contribution in [0.3, 0.4) is 0 Å². The highest BCUT2D eigenvalue weighted by molar-refractivity contribution is 6.01. The molecule has 1 aliphatic rings. The van der Waals surface area contributed by atoms with Crippen LogP contribution in [0.4, 0.5) is 5.69 Å². The minimum atomic E-state index is 0.0915. The van der Waals surface area contributed by atoms with Gasteiger partial charge in [-0.3, -0.25) is 10.4 Å². The molecule has 0 aliphatic carbocycles. The maximum Gasteiger partial charge on any atom is 0.126 e. The molecule has 0 atom stereocenters. The van der Waals surface area contributed by atoms with Gasteiger partial charge in [-0.2, -0.15) is 0 Å². The van der Waals surface area contributed by atoms with Gasteiger partial charge in [0.05, 0.1) is 16.9 Å². The Balaban J connectivity index is 2.04. The molecule has 3 rings (SSSR count). The highest BCUT2D eigenvalue weighted by Crippen LogP contribution is 2.29. The van der Waals surface area contributed by atoms with Crippen molar-refractivity contribution >= 4 is 11.5 Å². The van der Waals surface area contributed by atoms with Crippen molar-refractivity contribution in [1.29, 1.82) is 5.41 Å². The summed E-state index contributed by atoms with van der Waals surface area (Å²) in [6, 6.07) is 10.6. The molecule has 2 heterocycles. The summed E-state index contributed by atoms with van der Waals surface area (Å²) < 4.78 is 0. The van der Waals surface area contributed by atoms with E-state index in [1.807, 2.05) is 19.9 Å². The van der Waals surface area contributed by atoms with Gasteiger partial charge in [0, 0.05) is 18.8 Å². The molecule has 1 aromatic heterocycles. The first-order valence-electron chi connectivity index (χ1n) is 7.20. The van der Waals surface area contributed by atoms with E-state index < -0.39 is 0 Å². The van der Waals surface area contributed by atoms with E-state index >= 15 is 0 Å². The van der Waals surface area contributed by atoms with Crippen LogP contribution in [0.5, 0.6) is 0 Å². The molecular weight excluding hydrogens is 260 g/mol. The van der Waals surface area contributed by atoms with Gasteiger partial charge in [-0.25, -0.2) is 0 Å². The fraction of sp³-hybridized carbons (Fsp3) is 0.294. The molecule has 1 aliphatic heterocycles.